The van der Waals surface area contributed by atoms with Crippen LogP contribution in [0.15, 0.2) is 65.1 Å². The van der Waals surface area contributed by atoms with Crippen LogP contribution >= 0.6 is 27.5 Å². The summed E-state index contributed by atoms with van der Waals surface area (Å²) in [6.07, 6.45) is 0.996. The number of rotatable bonds is 5. The van der Waals surface area contributed by atoms with Crippen LogP contribution in [0.3, 0.4) is 0 Å². The Bertz CT molecular complexity index is 1020. The standard InChI is InChI=1S/C24H23BrClNO2/c1-28-22-13-17-9-10-27(15-16-5-3-7-19(25)11-16)24(21(17)14-23(22)29-2)18-6-4-8-20(26)12-18/h3-8,11-14,24H,9-10,15H2,1-2H3/p+1/t24-/m1/s1. The minimum absolute atomic E-state index is 0.177. The Morgan fingerprint density at radius 2 is 1.76 bits per heavy atom. The molecule has 1 aliphatic heterocycles. The van der Waals surface area contributed by atoms with Gasteiger partial charge in [0.15, 0.2) is 11.5 Å². The van der Waals surface area contributed by atoms with Gasteiger partial charge in [-0.1, -0.05) is 51.8 Å². The monoisotopic (exact) mass is 472 g/mol. The fourth-order valence-corrected chi connectivity index (χ4v) is 4.93. The summed E-state index contributed by atoms with van der Waals surface area (Å²) in [6, 6.07) is 21.2. The van der Waals surface area contributed by atoms with Crippen molar-refractivity contribution in [2.24, 2.45) is 0 Å². The van der Waals surface area contributed by atoms with Gasteiger partial charge in [-0.05, 0) is 42.0 Å². The van der Waals surface area contributed by atoms with Gasteiger partial charge in [0, 0.05) is 32.6 Å². The summed E-state index contributed by atoms with van der Waals surface area (Å²) in [5, 5.41) is 0.761. The molecule has 3 nitrogen and oxygen atoms in total. The van der Waals surface area contributed by atoms with E-state index in [0.29, 0.717) is 0 Å². The van der Waals surface area contributed by atoms with Crippen molar-refractivity contribution >= 4 is 27.5 Å². The average molecular weight is 474 g/mol. The van der Waals surface area contributed by atoms with Crippen LogP contribution in [0.25, 0.3) is 0 Å². The number of halogens is 2. The maximum atomic E-state index is 6.37. The zero-order valence-corrected chi connectivity index (χ0v) is 18.9. The summed E-state index contributed by atoms with van der Waals surface area (Å²) in [5.74, 6) is 1.55. The summed E-state index contributed by atoms with van der Waals surface area (Å²) in [7, 11) is 3.37. The molecule has 150 valence electrons. The van der Waals surface area contributed by atoms with Gasteiger partial charge in [0.2, 0.25) is 0 Å². The van der Waals surface area contributed by atoms with E-state index in [4.69, 9.17) is 21.1 Å². The van der Waals surface area contributed by atoms with Crippen molar-refractivity contribution < 1.29 is 14.4 Å². The molecule has 4 rings (SSSR count). The second-order valence-electron chi connectivity index (χ2n) is 7.36. The maximum Gasteiger partial charge on any atom is 0.161 e. The SMILES string of the molecule is COc1cc2c(cc1OC)[C@@H](c1cccc(Cl)c1)[NH+](Cc1cccc(Br)c1)CC2. The summed E-state index contributed by atoms with van der Waals surface area (Å²) < 4.78 is 12.3. The van der Waals surface area contributed by atoms with Gasteiger partial charge in [-0.15, -0.1) is 0 Å². The summed E-state index contributed by atoms with van der Waals surface area (Å²) >= 11 is 9.97. The quantitative estimate of drug-likeness (QED) is 0.572. The Hall–Kier alpha value is -2.01. The lowest BCUT2D eigenvalue weighted by Crippen LogP contribution is -3.12. The fourth-order valence-electron chi connectivity index (χ4n) is 4.28. The highest BCUT2D eigenvalue weighted by atomic mass is 79.9. The second-order valence-corrected chi connectivity index (χ2v) is 8.71. The number of methoxy groups -OCH3 is 2. The van der Waals surface area contributed by atoms with Gasteiger partial charge in [-0.2, -0.15) is 0 Å². The van der Waals surface area contributed by atoms with E-state index in [2.05, 4.69) is 64.5 Å². The Kier molecular flexibility index (Phi) is 6.14. The van der Waals surface area contributed by atoms with Crippen LogP contribution in [0.5, 0.6) is 11.5 Å². The highest BCUT2D eigenvalue weighted by Crippen LogP contribution is 2.36. The molecule has 0 amide bonds. The van der Waals surface area contributed by atoms with Crippen LogP contribution in [0, 0.1) is 0 Å². The van der Waals surface area contributed by atoms with Gasteiger partial charge in [-0.25, -0.2) is 0 Å². The largest absolute Gasteiger partial charge is 0.493 e. The van der Waals surface area contributed by atoms with Crippen molar-refractivity contribution in [1.29, 1.82) is 0 Å². The van der Waals surface area contributed by atoms with Crippen LogP contribution in [-0.2, 0) is 13.0 Å². The lowest BCUT2D eigenvalue weighted by atomic mass is 9.87. The molecule has 2 atom stereocenters. The van der Waals surface area contributed by atoms with Crippen molar-refractivity contribution in [3.63, 3.8) is 0 Å². The van der Waals surface area contributed by atoms with E-state index in [1.165, 1.54) is 27.2 Å². The number of benzene rings is 3. The molecular formula is C24H24BrClNO2+. The molecule has 29 heavy (non-hydrogen) atoms. The molecule has 0 spiro atoms. The molecule has 0 saturated carbocycles. The molecule has 0 radical (unpaired) electrons. The number of quaternary nitrogens is 1. The molecule has 3 aromatic carbocycles. The Balaban J connectivity index is 1.80. The summed E-state index contributed by atoms with van der Waals surface area (Å²) in [5.41, 5.74) is 5.12. The number of ether oxygens (including phenoxy) is 2. The number of fused-ring (bicyclic) bond motifs is 1. The number of hydrogen-bond acceptors (Lipinski definition) is 2. The predicted molar refractivity (Wildman–Crippen MR) is 120 cm³/mol. The highest BCUT2D eigenvalue weighted by molar-refractivity contribution is 9.10. The minimum atomic E-state index is 0.177. The van der Waals surface area contributed by atoms with Crippen molar-refractivity contribution in [1.82, 2.24) is 0 Å². The van der Waals surface area contributed by atoms with Gasteiger partial charge in [-0.3, -0.25) is 0 Å². The first-order valence-electron chi connectivity index (χ1n) is 9.68. The Morgan fingerprint density at radius 1 is 1.00 bits per heavy atom. The Labute approximate surface area is 185 Å². The first-order valence-corrected chi connectivity index (χ1v) is 10.9. The van der Waals surface area contributed by atoms with Gasteiger partial charge < -0.3 is 14.4 Å². The third-order valence-electron chi connectivity index (χ3n) is 5.58. The smallest absolute Gasteiger partial charge is 0.161 e. The lowest BCUT2D eigenvalue weighted by Gasteiger charge is -2.35. The van der Waals surface area contributed by atoms with Crippen molar-refractivity contribution in [3.8, 4) is 11.5 Å². The molecule has 3 aromatic rings. The zero-order valence-electron chi connectivity index (χ0n) is 16.5. The van der Waals surface area contributed by atoms with Crippen molar-refractivity contribution in [3.05, 3.63) is 92.4 Å². The highest BCUT2D eigenvalue weighted by Gasteiger charge is 2.34. The van der Waals surface area contributed by atoms with E-state index in [9.17, 15) is 0 Å². The van der Waals surface area contributed by atoms with Crippen molar-refractivity contribution in [2.75, 3.05) is 20.8 Å². The third kappa shape index (κ3) is 4.30. The van der Waals surface area contributed by atoms with E-state index in [0.717, 1.165) is 40.5 Å². The third-order valence-corrected chi connectivity index (χ3v) is 6.31. The molecule has 0 saturated heterocycles. The summed E-state index contributed by atoms with van der Waals surface area (Å²) in [4.78, 5) is 1.49. The van der Waals surface area contributed by atoms with Gasteiger partial charge >= 0.3 is 0 Å². The van der Waals surface area contributed by atoms with Gasteiger partial charge in [0.25, 0.3) is 0 Å². The molecule has 0 aromatic heterocycles. The molecule has 1 N–H and O–H groups in total. The molecule has 5 heteroatoms. The molecule has 0 aliphatic carbocycles. The fraction of sp³-hybridized carbons (Fsp3) is 0.250. The Morgan fingerprint density at radius 3 is 2.48 bits per heavy atom. The topological polar surface area (TPSA) is 22.9 Å². The molecule has 0 bridgehead atoms. The molecule has 1 heterocycles. The molecule has 1 unspecified atom stereocenters. The van der Waals surface area contributed by atoms with Crippen LogP contribution in [-0.4, -0.2) is 20.8 Å². The predicted octanol–water partition coefficient (Wildman–Crippen LogP) is 4.85. The first-order chi connectivity index (χ1) is 14.1. The van der Waals surface area contributed by atoms with E-state index in [1.54, 1.807) is 14.2 Å². The van der Waals surface area contributed by atoms with Gasteiger partial charge in [0.1, 0.15) is 12.6 Å². The molecular weight excluding hydrogens is 450 g/mol. The second kappa shape index (κ2) is 8.78. The average Bonchev–Trinajstić information content (AvgIpc) is 2.72. The normalized spacial score (nSPS) is 18.2. The van der Waals surface area contributed by atoms with Crippen LogP contribution < -0.4 is 14.4 Å². The van der Waals surface area contributed by atoms with Crippen LogP contribution in [0.2, 0.25) is 5.02 Å². The van der Waals surface area contributed by atoms with E-state index in [1.807, 2.05) is 12.1 Å². The lowest BCUT2D eigenvalue weighted by molar-refractivity contribution is -0.941. The number of hydrogen-bond donors (Lipinski definition) is 1. The van der Waals surface area contributed by atoms with E-state index < -0.39 is 0 Å². The zero-order chi connectivity index (χ0) is 20.4. The minimum Gasteiger partial charge on any atom is -0.493 e. The first kappa shape index (κ1) is 20.3. The maximum absolute atomic E-state index is 6.37. The van der Waals surface area contributed by atoms with Crippen LogP contribution in [0.1, 0.15) is 28.3 Å². The van der Waals surface area contributed by atoms with Crippen molar-refractivity contribution in [2.45, 2.75) is 19.0 Å². The number of nitrogens with one attached hydrogen (secondary N) is 1. The van der Waals surface area contributed by atoms with Gasteiger partial charge in [0.05, 0.1) is 20.8 Å². The van der Waals surface area contributed by atoms with Crippen LogP contribution in [0.4, 0.5) is 0 Å². The van der Waals surface area contributed by atoms with E-state index >= 15 is 0 Å². The van der Waals surface area contributed by atoms with E-state index in [-0.39, 0.29) is 6.04 Å². The molecule has 0 fully saturated rings. The molecule has 1 aliphatic rings. The summed E-state index contributed by atoms with van der Waals surface area (Å²) in [6.45, 7) is 1.97.